The summed E-state index contributed by atoms with van der Waals surface area (Å²) in [6.45, 7) is -1.45. The van der Waals surface area contributed by atoms with Crippen LogP contribution in [0.5, 0.6) is 17.2 Å². The molecule has 0 unspecified atom stereocenters. The molecule has 0 bridgehead atoms. The Morgan fingerprint density at radius 2 is 1.16 bits per heavy atom. The number of carbonyl (C=O) groups is 13. The third kappa shape index (κ3) is 21.9. The molecule has 0 saturated carbocycles. The van der Waals surface area contributed by atoms with Crippen molar-refractivity contribution in [3.05, 3.63) is 147 Å². The van der Waals surface area contributed by atoms with E-state index in [9.17, 15) is 82.4 Å². The van der Waals surface area contributed by atoms with Crippen molar-refractivity contribution in [3.8, 4) is 39.7 Å². The van der Waals surface area contributed by atoms with E-state index < -0.39 is 139 Å². The Hall–Kier alpha value is -14.4. The number of nitrogens with one attached hydrogen (secondary N) is 11. The second-order valence-electron chi connectivity index (χ2n) is 29.5. The van der Waals surface area contributed by atoms with Crippen LogP contribution in [0.4, 0.5) is 40.6 Å². The van der Waals surface area contributed by atoms with Gasteiger partial charge >= 0.3 is 5.97 Å². The van der Waals surface area contributed by atoms with Crippen LogP contribution in [0, 0.1) is 11.8 Å². The average Bonchev–Trinajstić information content (AvgIpc) is 0.745. The molecule has 40 heteroatoms. The Morgan fingerprint density at radius 3 is 1.75 bits per heavy atom. The van der Waals surface area contributed by atoms with E-state index in [1.54, 1.807) is 18.2 Å². The molecule has 22 N–H and O–H groups in total. The fraction of sp³-hybridized carbons (Fsp3) is 0.354. The first kappa shape index (κ1) is 86.9. The van der Waals surface area contributed by atoms with Gasteiger partial charge in [0.05, 0.1) is 49.5 Å². The van der Waals surface area contributed by atoms with Crippen LogP contribution >= 0.6 is 0 Å². The maximum atomic E-state index is 13.9. The van der Waals surface area contributed by atoms with Crippen LogP contribution in [-0.4, -0.2) is 203 Å². The Labute approximate surface area is 695 Å². The fourth-order valence-electron chi connectivity index (χ4n) is 14.4. The van der Waals surface area contributed by atoms with Crippen molar-refractivity contribution in [2.75, 3.05) is 103 Å². The fourth-order valence-corrected chi connectivity index (χ4v) is 14.4. The normalized spacial score (nSPS) is 17.7. The quantitative estimate of drug-likeness (QED) is 0.0283. The number of nitrogens with zero attached hydrogens (tertiary/aromatic N) is 5. The number of carboxylic acid groups (broad SMARTS) is 1. The maximum Gasteiger partial charge on any atom is 0.336 e. The smallest absolute Gasteiger partial charge is 0.336 e. The largest absolute Gasteiger partial charge is 0.508 e. The summed E-state index contributed by atoms with van der Waals surface area (Å²) in [4.78, 5) is 205. The van der Waals surface area contributed by atoms with Crippen LogP contribution in [0.3, 0.4) is 0 Å². The Morgan fingerprint density at radius 1 is 0.566 bits per heavy atom. The number of rotatable bonds is 25. The zero-order chi connectivity index (χ0) is 86.8. The SMILES string of the molecule is NCCCC[C@@H]1NC(=O)CNC(=O)c2cc(NC(=O)CNC(=O)C3CCN(c4nc(Nc5ccc(-c6c7ccc(=O)cc-7oc7cc(O)ccc67)c(C(=O)O)c5)nc(N5CCC(C(=O)NCC(=O)Nc6ccc7c(c6)C(=O)N[C@@H](CO)C(=O)N[C@@H](CCCCN)C(=O)N[C@H](C(N)=O)CCO7)CC5)n4)CC3)ccc2OCc2ccc(C(N)=O)cc2NC1=O. The van der Waals surface area contributed by atoms with E-state index >= 15 is 0 Å². The highest BCUT2D eigenvalue weighted by atomic mass is 16.5. The summed E-state index contributed by atoms with van der Waals surface area (Å²) < 4.78 is 18.0. The third-order valence-corrected chi connectivity index (χ3v) is 21.0. The van der Waals surface area contributed by atoms with Gasteiger partial charge in [0.1, 0.15) is 59.4 Å². The lowest BCUT2D eigenvalue weighted by molar-refractivity contribution is -0.132. The van der Waals surface area contributed by atoms with Crippen LogP contribution in [0.15, 0.2) is 118 Å². The number of nitrogens with two attached hydrogens (primary N) is 4. The first-order valence-corrected chi connectivity index (χ1v) is 39.5. The van der Waals surface area contributed by atoms with Crippen molar-refractivity contribution in [2.24, 2.45) is 34.8 Å². The van der Waals surface area contributed by atoms with Crippen molar-refractivity contribution in [3.63, 3.8) is 0 Å². The van der Waals surface area contributed by atoms with Gasteiger partial charge in [0.15, 0.2) is 5.43 Å². The van der Waals surface area contributed by atoms with Gasteiger partial charge in [-0.15, -0.1) is 0 Å². The molecule has 122 heavy (non-hydrogen) atoms. The van der Waals surface area contributed by atoms with Crippen LogP contribution in [0.2, 0.25) is 0 Å². The number of phenolic OH excluding ortho intramolecular Hbond substituents is 1. The van der Waals surface area contributed by atoms with Gasteiger partial charge in [0.2, 0.25) is 76.9 Å². The van der Waals surface area contributed by atoms with E-state index in [0.29, 0.717) is 60.8 Å². The number of benzene rings is 6. The van der Waals surface area contributed by atoms with E-state index in [-0.39, 0.29) is 187 Å². The summed E-state index contributed by atoms with van der Waals surface area (Å²) in [5.41, 5.74) is 24.0. The number of aliphatic hydroxyl groups is 1. The van der Waals surface area contributed by atoms with Gasteiger partial charge in [0.25, 0.3) is 11.8 Å². The molecule has 5 aromatic carbocycles. The molecule has 2 saturated heterocycles. The number of piperidine rings is 2. The molecule has 6 aromatic rings. The molecule has 12 amide bonds. The number of anilines is 7. The molecule has 4 atom stereocenters. The average molecular weight is 1680 g/mol. The van der Waals surface area contributed by atoms with E-state index in [1.807, 2.05) is 9.80 Å². The number of ether oxygens (including phenoxy) is 2. The second kappa shape index (κ2) is 39.9. The van der Waals surface area contributed by atoms with Crippen LogP contribution in [0.25, 0.3) is 33.4 Å². The number of hydrogen-bond donors (Lipinski definition) is 18. The summed E-state index contributed by atoms with van der Waals surface area (Å²) in [6.07, 6.45) is 3.07. The van der Waals surface area contributed by atoms with Gasteiger partial charge in [-0.3, -0.25) is 62.3 Å². The lowest BCUT2D eigenvalue weighted by Crippen LogP contribution is -2.57. The van der Waals surface area contributed by atoms with Gasteiger partial charge < -0.3 is 120 Å². The molecule has 0 radical (unpaired) electrons. The second-order valence-corrected chi connectivity index (χ2v) is 29.5. The number of phenols is 1. The van der Waals surface area contributed by atoms with Crippen molar-refractivity contribution in [1.82, 2.24) is 52.2 Å². The minimum Gasteiger partial charge on any atom is -0.508 e. The number of carboxylic acids is 1. The van der Waals surface area contributed by atoms with Crippen molar-refractivity contribution in [2.45, 2.75) is 101 Å². The molecule has 640 valence electrons. The number of carbonyl (C=O) groups excluding carboxylic acids is 12. The number of aromatic carboxylic acids is 1. The number of amides is 12. The van der Waals surface area contributed by atoms with Gasteiger partial charge in [0, 0.05) is 107 Å². The standard InChI is InChI=1S/C82H92N20O20/c83-24-3-1-5-58-76(115)96-60-31-44(70(85)109)7-8-45(60)41-121-63-18-11-46(33-55(63)74(113)89-39-68(108)93-58)90-66(106)37-87-72(111)42-19-26-101(27-20-42)81-98-80(92-48-9-14-51(54(32-48)79(118)119)69-52-15-12-49(104)35-64(52)122-65-36-50(105)13-16-53(65)69)99-82(100-81)102-28-21-43(22-29-102)73(112)88-38-67(107)91-47-10-17-62-56(34-47)75(114)97-61(40-103)78(117)95-59(6-2-4-25-84)77(116)94-57(71(86)110)23-30-120-62/h7-18,31-36,42-43,57-59,61,103-104H,1-6,19-30,37-41,83-84H2,(H2,85,109)(H2,86,110)(H,87,111)(H,88,112)(H,89,113)(H,90,106)(H,91,107)(H,93,108)(H,94,116)(H,95,117)(H,96,115)(H,97,114)(H,118,119)(H,92,98,99,100)/t57-,58-,59-,61-/m0/s1. The molecule has 12 rings (SSSR count). The Bertz CT molecular complexity index is 5400. The maximum absolute atomic E-state index is 13.9. The molecule has 2 fully saturated rings. The first-order chi connectivity index (χ1) is 58.7. The topological polar surface area (TPSA) is 613 Å². The highest BCUT2D eigenvalue weighted by Gasteiger charge is 2.35. The van der Waals surface area contributed by atoms with Crippen LogP contribution in [0.1, 0.15) is 118 Å². The van der Waals surface area contributed by atoms with Crippen molar-refractivity contribution >= 4 is 128 Å². The van der Waals surface area contributed by atoms with Gasteiger partial charge in [-0.1, -0.05) is 12.1 Å². The molecule has 40 nitrogen and oxygen atoms in total. The Balaban J connectivity index is 0.717. The number of aromatic hydroxyl groups is 1. The van der Waals surface area contributed by atoms with Gasteiger partial charge in [-0.2, -0.15) is 15.0 Å². The van der Waals surface area contributed by atoms with E-state index in [2.05, 4.69) is 58.5 Å². The van der Waals surface area contributed by atoms with Crippen molar-refractivity contribution < 1.29 is 91.5 Å². The summed E-state index contributed by atoms with van der Waals surface area (Å²) in [7, 11) is 0. The van der Waals surface area contributed by atoms with Crippen LogP contribution in [-0.2, 0) is 49.8 Å². The number of primary amides is 2. The predicted octanol–water partition coefficient (Wildman–Crippen LogP) is 1.27. The predicted molar refractivity (Wildman–Crippen MR) is 442 cm³/mol. The minimum absolute atomic E-state index is 0.0181. The van der Waals surface area contributed by atoms with E-state index in [0.717, 1.165) is 0 Å². The highest BCUT2D eigenvalue weighted by Crippen LogP contribution is 2.43. The van der Waals surface area contributed by atoms with Gasteiger partial charge in [-0.25, -0.2) is 4.79 Å². The minimum atomic E-state index is -1.58. The summed E-state index contributed by atoms with van der Waals surface area (Å²) in [5, 5.41) is 61.3. The van der Waals surface area contributed by atoms with Crippen LogP contribution < -0.4 is 106 Å². The zero-order valence-corrected chi connectivity index (χ0v) is 65.9. The first-order valence-electron chi connectivity index (χ1n) is 39.5. The molecule has 1 aromatic heterocycles. The Kier molecular flexibility index (Phi) is 28.4. The molecular weight excluding hydrogens is 1590 g/mol. The summed E-state index contributed by atoms with van der Waals surface area (Å²) in [5.74, 6) is -10.9. The molecule has 5 aliphatic heterocycles. The monoisotopic (exact) mass is 1680 g/mol. The number of unbranched alkanes of at least 4 members (excludes halogenated alkanes) is 2. The number of fused-ring (bicyclic) bond motifs is 5. The molecule has 6 aliphatic rings. The number of aromatic nitrogens is 3. The summed E-state index contributed by atoms with van der Waals surface area (Å²) >= 11 is 0. The number of aliphatic hydroxyl groups excluding tert-OH is 1. The molecular formula is C82H92N20O20. The van der Waals surface area contributed by atoms with Crippen molar-refractivity contribution in [1.29, 1.82) is 0 Å². The number of hydrogen-bond acceptors (Lipinski definition) is 27. The van der Waals surface area contributed by atoms with E-state index in [1.165, 1.54) is 91.0 Å². The lowest BCUT2D eigenvalue weighted by Gasteiger charge is -2.34. The molecule has 6 heterocycles. The van der Waals surface area contributed by atoms with E-state index in [4.69, 9.17) is 51.8 Å². The highest BCUT2D eigenvalue weighted by molar-refractivity contribution is 6.09. The lowest BCUT2D eigenvalue weighted by atomic mass is 9.90. The molecule has 1 aliphatic carbocycles. The van der Waals surface area contributed by atoms with Gasteiger partial charge in [-0.05, 0) is 168 Å². The molecule has 0 spiro atoms. The third-order valence-electron chi connectivity index (χ3n) is 21.0. The zero-order valence-electron chi connectivity index (χ0n) is 65.9. The summed E-state index contributed by atoms with van der Waals surface area (Å²) in [6, 6.07) is 20.4.